The van der Waals surface area contributed by atoms with Gasteiger partial charge in [-0.25, -0.2) is 4.39 Å². The van der Waals surface area contributed by atoms with Crippen molar-refractivity contribution in [2.24, 2.45) is 0 Å². The lowest BCUT2D eigenvalue weighted by Crippen LogP contribution is -2.22. The van der Waals surface area contributed by atoms with Gasteiger partial charge in [-0.05, 0) is 29.8 Å². The summed E-state index contributed by atoms with van der Waals surface area (Å²) in [6.07, 6.45) is -0.127. The first kappa shape index (κ1) is 17.2. The molecule has 0 saturated carbocycles. The molecule has 0 aliphatic heterocycles. The molecule has 0 bridgehead atoms. The lowest BCUT2D eigenvalue weighted by Gasteiger charge is -2.09. The second-order valence-corrected chi connectivity index (χ2v) is 5.43. The zero-order valence-corrected chi connectivity index (χ0v) is 13.3. The van der Waals surface area contributed by atoms with Gasteiger partial charge in [0.25, 0.3) is 5.91 Å². The third-order valence-electron chi connectivity index (χ3n) is 2.83. The molecule has 23 heavy (non-hydrogen) atoms. The highest BCUT2D eigenvalue weighted by Crippen LogP contribution is 2.29. The van der Waals surface area contributed by atoms with Gasteiger partial charge >= 0.3 is 5.97 Å². The molecular formula is C16H12Cl2FNO3. The Morgan fingerprint density at radius 3 is 2.39 bits per heavy atom. The number of anilines is 1. The van der Waals surface area contributed by atoms with Crippen LogP contribution in [0.3, 0.4) is 0 Å². The Kier molecular flexibility index (Phi) is 5.96. The average molecular weight is 356 g/mol. The Labute approximate surface area is 142 Å². The summed E-state index contributed by atoms with van der Waals surface area (Å²) in [5, 5.41) is 3.02. The highest BCUT2D eigenvalue weighted by atomic mass is 35.5. The van der Waals surface area contributed by atoms with Crippen LogP contribution in [0.25, 0.3) is 0 Å². The van der Waals surface area contributed by atoms with Gasteiger partial charge in [0.05, 0.1) is 22.2 Å². The van der Waals surface area contributed by atoms with E-state index in [1.54, 1.807) is 24.3 Å². The molecule has 0 heterocycles. The molecule has 0 radical (unpaired) electrons. The van der Waals surface area contributed by atoms with E-state index >= 15 is 0 Å². The van der Waals surface area contributed by atoms with Crippen LogP contribution in [0.5, 0.6) is 0 Å². The van der Waals surface area contributed by atoms with Crippen molar-refractivity contribution in [3.05, 3.63) is 63.9 Å². The number of carbonyl (C=O) groups excluding carboxylic acids is 2. The zero-order valence-electron chi connectivity index (χ0n) is 11.8. The van der Waals surface area contributed by atoms with E-state index in [4.69, 9.17) is 27.9 Å². The van der Waals surface area contributed by atoms with Crippen LogP contribution in [0.4, 0.5) is 10.1 Å². The van der Waals surface area contributed by atoms with Crippen LogP contribution in [0, 0.1) is 5.82 Å². The van der Waals surface area contributed by atoms with Crippen LogP contribution in [0.2, 0.25) is 10.0 Å². The quantitative estimate of drug-likeness (QED) is 0.828. The topological polar surface area (TPSA) is 55.4 Å². The van der Waals surface area contributed by atoms with Crippen molar-refractivity contribution < 1.29 is 18.7 Å². The predicted molar refractivity (Wildman–Crippen MR) is 86.2 cm³/mol. The number of amides is 1. The molecule has 2 aromatic carbocycles. The molecule has 2 aromatic rings. The smallest absolute Gasteiger partial charge is 0.310 e. The van der Waals surface area contributed by atoms with Crippen molar-refractivity contribution in [2.45, 2.75) is 6.42 Å². The van der Waals surface area contributed by atoms with Crippen molar-refractivity contribution in [1.82, 2.24) is 0 Å². The lowest BCUT2D eigenvalue weighted by molar-refractivity contribution is -0.146. The van der Waals surface area contributed by atoms with Gasteiger partial charge in [-0.15, -0.1) is 0 Å². The first-order chi connectivity index (χ1) is 11.0. The minimum absolute atomic E-state index is 0.127. The van der Waals surface area contributed by atoms with E-state index in [2.05, 4.69) is 5.32 Å². The van der Waals surface area contributed by atoms with Crippen molar-refractivity contribution >= 4 is 40.8 Å². The number of ether oxygens (including phenoxy) is 1. The number of rotatable bonds is 5. The van der Waals surface area contributed by atoms with Gasteiger partial charge in [-0.1, -0.05) is 41.4 Å². The minimum atomic E-state index is -0.643. The molecular weight excluding hydrogens is 344 g/mol. The maximum Gasteiger partial charge on any atom is 0.310 e. The first-order valence-electron chi connectivity index (χ1n) is 6.59. The number of halogens is 3. The number of esters is 1. The van der Waals surface area contributed by atoms with Crippen LogP contribution in [-0.2, 0) is 20.7 Å². The molecule has 0 aliphatic carbocycles. The standard InChI is InChI=1S/C16H12Cl2FNO3/c17-12-5-2-6-13(18)16(12)20-14(21)9-23-15(22)8-10-3-1-4-11(19)7-10/h1-7H,8-9H2,(H,20,21). The number of benzene rings is 2. The summed E-state index contributed by atoms with van der Waals surface area (Å²) in [7, 11) is 0. The molecule has 0 fully saturated rings. The van der Waals surface area contributed by atoms with Crippen LogP contribution in [0.1, 0.15) is 5.56 Å². The number of hydrogen-bond acceptors (Lipinski definition) is 3. The third kappa shape index (κ3) is 5.23. The fourth-order valence-corrected chi connectivity index (χ4v) is 2.30. The first-order valence-corrected chi connectivity index (χ1v) is 7.35. The lowest BCUT2D eigenvalue weighted by atomic mass is 10.1. The monoisotopic (exact) mass is 355 g/mol. The van der Waals surface area contributed by atoms with Gasteiger partial charge in [-0.3, -0.25) is 9.59 Å². The summed E-state index contributed by atoms with van der Waals surface area (Å²) in [5.41, 5.74) is 0.714. The van der Waals surface area contributed by atoms with Crippen LogP contribution < -0.4 is 5.32 Å². The fraction of sp³-hybridized carbons (Fsp3) is 0.125. The summed E-state index contributed by atoms with van der Waals surface area (Å²) in [6, 6.07) is 10.4. The number of hydrogen-bond donors (Lipinski definition) is 1. The van der Waals surface area contributed by atoms with Crippen LogP contribution in [-0.4, -0.2) is 18.5 Å². The SMILES string of the molecule is O=C(COC(=O)Cc1cccc(F)c1)Nc1c(Cl)cccc1Cl. The number of nitrogens with one attached hydrogen (secondary N) is 1. The minimum Gasteiger partial charge on any atom is -0.455 e. The highest BCUT2D eigenvalue weighted by Gasteiger charge is 2.12. The number of carbonyl (C=O) groups is 2. The molecule has 0 atom stereocenters. The van der Waals surface area contributed by atoms with Crippen molar-refractivity contribution in [2.75, 3.05) is 11.9 Å². The Balaban J connectivity index is 1.85. The summed E-state index contributed by atoms with van der Waals surface area (Å²) in [5.74, 6) is -1.66. The maximum atomic E-state index is 13.0. The second-order valence-electron chi connectivity index (χ2n) is 4.61. The van der Waals surface area contributed by atoms with Gasteiger partial charge in [0.15, 0.2) is 6.61 Å². The third-order valence-corrected chi connectivity index (χ3v) is 3.46. The Morgan fingerprint density at radius 1 is 1.09 bits per heavy atom. The van der Waals surface area contributed by atoms with Gasteiger partial charge < -0.3 is 10.1 Å². The Bertz CT molecular complexity index is 717. The van der Waals surface area contributed by atoms with E-state index in [9.17, 15) is 14.0 Å². The summed E-state index contributed by atoms with van der Waals surface area (Å²) in [6.45, 7) is -0.490. The zero-order chi connectivity index (χ0) is 16.8. The fourth-order valence-electron chi connectivity index (χ4n) is 1.80. The highest BCUT2D eigenvalue weighted by molar-refractivity contribution is 6.39. The van der Waals surface area contributed by atoms with Crippen LogP contribution in [0.15, 0.2) is 42.5 Å². The summed E-state index contributed by atoms with van der Waals surface area (Å²) < 4.78 is 17.8. The molecule has 1 amide bonds. The molecule has 120 valence electrons. The molecule has 7 heteroatoms. The van der Waals surface area contributed by atoms with E-state index < -0.39 is 24.3 Å². The molecule has 2 rings (SSSR count). The summed E-state index contributed by atoms with van der Waals surface area (Å²) in [4.78, 5) is 23.4. The van der Waals surface area contributed by atoms with Gasteiger partial charge in [0, 0.05) is 0 Å². The average Bonchev–Trinajstić information content (AvgIpc) is 2.49. The maximum absolute atomic E-state index is 13.0. The molecule has 4 nitrogen and oxygen atoms in total. The number of para-hydroxylation sites is 1. The van der Waals surface area contributed by atoms with Gasteiger partial charge in [-0.2, -0.15) is 0 Å². The van der Waals surface area contributed by atoms with E-state index in [-0.39, 0.29) is 22.2 Å². The van der Waals surface area contributed by atoms with E-state index in [0.717, 1.165) is 0 Å². The molecule has 0 saturated heterocycles. The molecule has 1 N–H and O–H groups in total. The van der Waals surface area contributed by atoms with Crippen LogP contribution >= 0.6 is 23.2 Å². The van der Waals surface area contributed by atoms with Gasteiger partial charge in [0.1, 0.15) is 5.82 Å². The molecule has 0 unspecified atom stereocenters. The Hall–Kier alpha value is -2.11. The van der Waals surface area contributed by atoms with Crippen molar-refractivity contribution in [1.29, 1.82) is 0 Å². The van der Waals surface area contributed by atoms with Gasteiger partial charge in [0.2, 0.25) is 0 Å². The normalized spacial score (nSPS) is 10.2. The van der Waals surface area contributed by atoms with E-state index in [1.165, 1.54) is 18.2 Å². The van der Waals surface area contributed by atoms with E-state index in [1.807, 2.05) is 0 Å². The molecule has 0 aromatic heterocycles. The van der Waals surface area contributed by atoms with Crippen molar-refractivity contribution in [3.63, 3.8) is 0 Å². The summed E-state index contributed by atoms with van der Waals surface area (Å²) >= 11 is 11.8. The predicted octanol–water partition coefficient (Wildman–Crippen LogP) is 3.86. The largest absolute Gasteiger partial charge is 0.455 e. The van der Waals surface area contributed by atoms with E-state index in [0.29, 0.717) is 5.56 Å². The molecule has 0 aliphatic rings. The Morgan fingerprint density at radius 2 is 1.74 bits per heavy atom. The molecule has 0 spiro atoms. The second kappa shape index (κ2) is 7.94. The van der Waals surface area contributed by atoms with Crippen molar-refractivity contribution in [3.8, 4) is 0 Å².